The van der Waals surface area contributed by atoms with Gasteiger partial charge in [-0.1, -0.05) is 35.4 Å². The number of ether oxygens (including phenoxy) is 2. The molecule has 7 nitrogen and oxygen atoms in total. The molecule has 3 aromatic carbocycles. The van der Waals surface area contributed by atoms with Crippen LogP contribution in [-0.2, 0) is 9.59 Å². The lowest BCUT2D eigenvalue weighted by Gasteiger charge is -2.16. The van der Waals surface area contributed by atoms with E-state index in [0.717, 1.165) is 28.1 Å². The Hall–Kier alpha value is -3.56. The van der Waals surface area contributed by atoms with Crippen LogP contribution in [0.3, 0.4) is 0 Å². The third kappa shape index (κ3) is 6.42. The van der Waals surface area contributed by atoms with Crippen molar-refractivity contribution in [1.82, 2.24) is 0 Å². The first kappa shape index (κ1) is 26.5. The van der Waals surface area contributed by atoms with Crippen LogP contribution < -0.4 is 20.1 Å². The average Bonchev–Trinajstić information content (AvgIpc) is 3.15. The number of primary amides is 1. The number of aliphatic imine (C=N–C) groups is 1. The highest BCUT2D eigenvalue weighted by Crippen LogP contribution is 2.41. The molecule has 1 heterocycles. The second-order valence-corrected chi connectivity index (χ2v) is 10.2. The van der Waals surface area contributed by atoms with Crippen LogP contribution >= 0.6 is 27.7 Å². The minimum atomic E-state index is -0.593. The topological polar surface area (TPSA) is 94.2 Å². The van der Waals surface area contributed by atoms with Gasteiger partial charge in [0.1, 0.15) is 0 Å². The van der Waals surface area contributed by atoms with Crippen molar-refractivity contribution >= 4 is 62.1 Å². The molecule has 3 aromatic rings. The predicted octanol–water partition coefficient (Wildman–Crippen LogP) is 6.14. The minimum absolute atomic E-state index is 0.178. The number of carbonyl (C=O) groups excluding carboxylic acids is 2. The lowest BCUT2D eigenvalue weighted by atomic mass is 10.1. The molecule has 0 unspecified atom stereocenters. The molecule has 0 spiro atoms. The summed E-state index contributed by atoms with van der Waals surface area (Å²) in [6, 6.07) is 19.2. The fourth-order valence-electron chi connectivity index (χ4n) is 3.57. The van der Waals surface area contributed by atoms with Gasteiger partial charge in [-0.3, -0.25) is 14.5 Å². The Bertz CT molecular complexity index is 1390. The van der Waals surface area contributed by atoms with Crippen LogP contribution in [0.1, 0.15) is 23.6 Å². The number of anilines is 1. The number of amides is 2. The summed E-state index contributed by atoms with van der Waals surface area (Å²) in [5.41, 5.74) is 9.68. The van der Waals surface area contributed by atoms with Crippen molar-refractivity contribution in [2.45, 2.75) is 20.8 Å². The number of halogens is 1. The van der Waals surface area contributed by atoms with Crippen molar-refractivity contribution < 1.29 is 19.1 Å². The number of thioether (sulfide) groups is 1. The molecule has 0 atom stereocenters. The molecule has 2 N–H and O–H groups in total. The summed E-state index contributed by atoms with van der Waals surface area (Å²) in [5, 5.41) is 0.564. The van der Waals surface area contributed by atoms with Crippen molar-refractivity contribution in [3.63, 3.8) is 0 Å². The standard InChI is InChI=1S/C28H26BrN3O4S/c1-4-35-23-14-19(13-22(29)26(23)36-16-25(30)33)15-24-27(34)32(21-11-7-18(3)8-12-21)28(37-24)31-20-9-5-17(2)6-10-20/h5-15H,4,16H2,1-3H3,(H2,30,33)/b24-15+,31-28?. The molecule has 4 rings (SSSR count). The maximum atomic E-state index is 13.6. The van der Waals surface area contributed by atoms with Crippen LogP contribution in [0.25, 0.3) is 6.08 Å². The van der Waals surface area contributed by atoms with Gasteiger partial charge in [-0.05, 0) is 96.5 Å². The second kappa shape index (κ2) is 11.7. The Morgan fingerprint density at radius 2 is 1.70 bits per heavy atom. The van der Waals surface area contributed by atoms with Gasteiger partial charge >= 0.3 is 0 Å². The number of nitrogens with zero attached hydrogens (tertiary/aromatic N) is 2. The van der Waals surface area contributed by atoms with Crippen molar-refractivity contribution in [3.8, 4) is 11.5 Å². The van der Waals surface area contributed by atoms with Gasteiger partial charge in [-0.15, -0.1) is 0 Å². The zero-order valence-electron chi connectivity index (χ0n) is 20.7. The van der Waals surface area contributed by atoms with Gasteiger partial charge in [-0.25, -0.2) is 4.99 Å². The highest BCUT2D eigenvalue weighted by atomic mass is 79.9. The number of hydrogen-bond acceptors (Lipinski definition) is 6. The Morgan fingerprint density at radius 3 is 2.32 bits per heavy atom. The van der Waals surface area contributed by atoms with E-state index in [1.165, 1.54) is 11.8 Å². The number of nitrogens with two attached hydrogens (primary N) is 1. The van der Waals surface area contributed by atoms with Crippen molar-refractivity contribution in [2.24, 2.45) is 10.7 Å². The van der Waals surface area contributed by atoms with E-state index < -0.39 is 5.91 Å². The molecule has 190 valence electrons. The molecule has 0 saturated carbocycles. The van der Waals surface area contributed by atoms with Gasteiger partial charge in [0.05, 0.1) is 27.4 Å². The van der Waals surface area contributed by atoms with E-state index in [1.54, 1.807) is 23.1 Å². The van der Waals surface area contributed by atoms with Gasteiger partial charge in [0.2, 0.25) is 0 Å². The zero-order chi connectivity index (χ0) is 26.5. The normalized spacial score (nSPS) is 15.5. The van der Waals surface area contributed by atoms with E-state index in [-0.39, 0.29) is 12.5 Å². The van der Waals surface area contributed by atoms with Crippen LogP contribution in [-0.4, -0.2) is 30.2 Å². The first-order valence-corrected chi connectivity index (χ1v) is 13.2. The van der Waals surface area contributed by atoms with Crippen molar-refractivity contribution in [1.29, 1.82) is 0 Å². The lowest BCUT2D eigenvalue weighted by molar-refractivity contribution is -0.120. The number of hydrogen-bond donors (Lipinski definition) is 1. The van der Waals surface area contributed by atoms with E-state index in [4.69, 9.17) is 20.2 Å². The summed E-state index contributed by atoms with van der Waals surface area (Å²) in [6.07, 6.45) is 1.79. The molecule has 0 aromatic heterocycles. The molecule has 0 radical (unpaired) electrons. The average molecular weight is 581 g/mol. The summed E-state index contributed by atoms with van der Waals surface area (Å²) in [4.78, 5) is 31.8. The Morgan fingerprint density at radius 1 is 1.05 bits per heavy atom. The fourth-order valence-corrected chi connectivity index (χ4v) is 5.14. The van der Waals surface area contributed by atoms with E-state index in [9.17, 15) is 9.59 Å². The highest BCUT2D eigenvalue weighted by Gasteiger charge is 2.35. The highest BCUT2D eigenvalue weighted by molar-refractivity contribution is 9.10. The Balaban J connectivity index is 1.74. The minimum Gasteiger partial charge on any atom is -0.490 e. The lowest BCUT2D eigenvalue weighted by Crippen LogP contribution is -2.28. The van der Waals surface area contributed by atoms with Crippen LogP contribution in [0.5, 0.6) is 11.5 Å². The van der Waals surface area contributed by atoms with Crippen LogP contribution in [0.2, 0.25) is 0 Å². The fraction of sp³-hybridized carbons (Fsp3) is 0.179. The largest absolute Gasteiger partial charge is 0.490 e. The van der Waals surface area contributed by atoms with Gasteiger partial charge in [0.15, 0.2) is 23.3 Å². The van der Waals surface area contributed by atoms with E-state index in [0.29, 0.717) is 32.7 Å². The molecule has 2 amide bonds. The molecule has 1 aliphatic rings. The second-order valence-electron chi connectivity index (χ2n) is 8.33. The van der Waals surface area contributed by atoms with Gasteiger partial charge in [0.25, 0.3) is 11.8 Å². The third-order valence-electron chi connectivity index (χ3n) is 5.35. The van der Waals surface area contributed by atoms with Crippen LogP contribution in [0.15, 0.2) is 75.0 Å². The molecule has 9 heteroatoms. The van der Waals surface area contributed by atoms with Gasteiger partial charge in [0, 0.05) is 0 Å². The molecule has 0 aliphatic carbocycles. The summed E-state index contributed by atoms with van der Waals surface area (Å²) in [5.74, 6) is 0.0356. The molecule has 1 aliphatic heterocycles. The van der Waals surface area contributed by atoms with Gasteiger partial charge < -0.3 is 15.2 Å². The predicted molar refractivity (Wildman–Crippen MR) is 153 cm³/mol. The molecule has 1 fully saturated rings. The monoisotopic (exact) mass is 579 g/mol. The van der Waals surface area contributed by atoms with E-state index in [2.05, 4.69) is 15.9 Å². The molecule has 37 heavy (non-hydrogen) atoms. The molecular weight excluding hydrogens is 554 g/mol. The van der Waals surface area contributed by atoms with Gasteiger partial charge in [-0.2, -0.15) is 0 Å². The molecule has 0 bridgehead atoms. The SMILES string of the molecule is CCOc1cc(/C=C2/SC(=Nc3ccc(C)cc3)N(c3ccc(C)cc3)C2=O)cc(Br)c1OCC(N)=O. The smallest absolute Gasteiger partial charge is 0.271 e. The van der Waals surface area contributed by atoms with E-state index >= 15 is 0 Å². The number of carbonyl (C=O) groups is 2. The zero-order valence-corrected chi connectivity index (χ0v) is 23.1. The molecular formula is C28H26BrN3O4S. The first-order valence-electron chi connectivity index (χ1n) is 11.6. The summed E-state index contributed by atoms with van der Waals surface area (Å²) < 4.78 is 11.8. The maximum Gasteiger partial charge on any atom is 0.271 e. The van der Waals surface area contributed by atoms with E-state index in [1.807, 2.05) is 69.3 Å². The molecule has 1 saturated heterocycles. The Kier molecular flexibility index (Phi) is 8.35. The van der Waals surface area contributed by atoms with Crippen molar-refractivity contribution in [3.05, 3.63) is 86.7 Å². The van der Waals surface area contributed by atoms with Crippen LogP contribution in [0.4, 0.5) is 11.4 Å². The Labute approximate surface area is 228 Å². The summed E-state index contributed by atoms with van der Waals surface area (Å²) >= 11 is 4.79. The quantitative estimate of drug-likeness (QED) is 0.323. The number of rotatable bonds is 8. The summed E-state index contributed by atoms with van der Waals surface area (Å²) in [6.45, 7) is 5.98. The summed E-state index contributed by atoms with van der Waals surface area (Å²) in [7, 11) is 0. The number of benzene rings is 3. The number of aryl methyl sites for hydroxylation is 2. The maximum absolute atomic E-state index is 13.6. The first-order chi connectivity index (χ1) is 17.7. The van der Waals surface area contributed by atoms with Crippen molar-refractivity contribution in [2.75, 3.05) is 18.1 Å². The third-order valence-corrected chi connectivity index (χ3v) is 6.90. The number of amidine groups is 1. The van der Waals surface area contributed by atoms with Crippen LogP contribution in [0, 0.1) is 13.8 Å².